The van der Waals surface area contributed by atoms with E-state index in [9.17, 15) is 8.42 Å². The number of aromatic nitrogens is 2. The number of aromatic amines is 1. The Hall–Kier alpha value is -1.73. The molecule has 0 aliphatic rings. The van der Waals surface area contributed by atoms with E-state index in [1.807, 2.05) is 0 Å². The molecule has 0 saturated carbocycles. The predicted octanol–water partition coefficient (Wildman–Crippen LogP) is 2.29. The minimum absolute atomic E-state index is 0.0661. The molecule has 0 fully saturated rings. The molecule has 114 valence electrons. The molecule has 0 bridgehead atoms. The van der Waals surface area contributed by atoms with Crippen LogP contribution >= 0.6 is 11.6 Å². The number of aryl methyl sites for hydroxylation is 1. The Kier molecular flexibility index (Phi) is 4.43. The number of benzene rings is 1. The van der Waals surface area contributed by atoms with Gasteiger partial charge in [-0.05, 0) is 19.1 Å². The highest BCUT2D eigenvalue weighted by Gasteiger charge is 2.29. The third-order valence-corrected chi connectivity index (χ3v) is 5.21. The SMILES string of the molecule is COc1ccccc1N(C)S(=O)(=O)c1n[nH]c(C)c1CCl. The maximum atomic E-state index is 12.7. The number of ether oxygens (including phenoxy) is 1. The Labute approximate surface area is 128 Å². The first-order valence-corrected chi connectivity index (χ1v) is 8.12. The van der Waals surface area contributed by atoms with Gasteiger partial charge in [0.1, 0.15) is 5.75 Å². The zero-order chi connectivity index (χ0) is 15.6. The highest BCUT2D eigenvalue weighted by atomic mass is 35.5. The number of methoxy groups -OCH3 is 1. The molecule has 21 heavy (non-hydrogen) atoms. The predicted molar refractivity (Wildman–Crippen MR) is 81.5 cm³/mol. The number of anilines is 1. The number of nitrogens with zero attached hydrogens (tertiary/aromatic N) is 2. The molecule has 0 unspecified atom stereocenters. The second-order valence-corrected chi connectivity index (χ2v) is 6.56. The molecule has 0 radical (unpaired) electrons. The van der Waals surface area contributed by atoms with Gasteiger partial charge in [0.2, 0.25) is 5.03 Å². The third kappa shape index (κ3) is 2.71. The topological polar surface area (TPSA) is 75.3 Å². The molecular formula is C13H16ClN3O3S. The molecule has 1 aromatic carbocycles. The summed E-state index contributed by atoms with van der Waals surface area (Å²) in [7, 11) is -0.878. The Balaban J connectivity index is 2.53. The van der Waals surface area contributed by atoms with Gasteiger partial charge in [0.15, 0.2) is 0 Å². The lowest BCUT2D eigenvalue weighted by Crippen LogP contribution is -2.28. The van der Waals surface area contributed by atoms with Crippen LogP contribution in [-0.4, -0.2) is 32.8 Å². The number of nitrogens with one attached hydrogen (secondary N) is 1. The molecule has 0 atom stereocenters. The summed E-state index contributed by atoms with van der Waals surface area (Å²) in [6.45, 7) is 1.73. The van der Waals surface area contributed by atoms with E-state index in [-0.39, 0.29) is 10.9 Å². The second-order valence-electron chi connectivity index (χ2n) is 4.41. The molecule has 0 spiro atoms. The van der Waals surface area contributed by atoms with Gasteiger partial charge < -0.3 is 4.74 Å². The van der Waals surface area contributed by atoms with Crippen LogP contribution in [0.4, 0.5) is 5.69 Å². The van der Waals surface area contributed by atoms with Crippen molar-refractivity contribution in [2.45, 2.75) is 17.8 Å². The average Bonchev–Trinajstić information content (AvgIpc) is 2.87. The van der Waals surface area contributed by atoms with Gasteiger partial charge in [-0.15, -0.1) is 11.6 Å². The minimum atomic E-state index is -3.82. The number of sulfonamides is 1. The van der Waals surface area contributed by atoms with Crippen molar-refractivity contribution in [2.24, 2.45) is 0 Å². The number of hydrogen-bond acceptors (Lipinski definition) is 4. The Bertz CT molecular complexity index is 743. The van der Waals surface area contributed by atoms with Gasteiger partial charge in [-0.25, -0.2) is 0 Å². The summed E-state index contributed by atoms with van der Waals surface area (Å²) in [4.78, 5) is 0. The van der Waals surface area contributed by atoms with E-state index in [4.69, 9.17) is 16.3 Å². The van der Waals surface area contributed by atoms with Crippen molar-refractivity contribution in [3.63, 3.8) is 0 Å². The summed E-state index contributed by atoms with van der Waals surface area (Å²) in [6, 6.07) is 6.86. The lowest BCUT2D eigenvalue weighted by atomic mass is 10.3. The van der Waals surface area contributed by atoms with Crippen molar-refractivity contribution in [3.05, 3.63) is 35.5 Å². The first-order chi connectivity index (χ1) is 9.93. The Morgan fingerprint density at radius 2 is 2.05 bits per heavy atom. The van der Waals surface area contributed by atoms with E-state index in [2.05, 4.69) is 10.2 Å². The fourth-order valence-corrected chi connectivity index (χ4v) is 3.72. The molecule has 6 nitrogen and oxygen atoms in total. The van der Waals surface area contributed by atoms with E-state index in [1.165, 1.54) is 14.2 Å². The van der Waals surface area contributed by atoms with Gasteiger partial charge in [0.05, 0.1) is 18.7 Å². The van der Waals surface area contributed by atoms with Crippen molar-refractivity contribution in [1.29, 1.82) is 0 Å². The zero-order valence-electron chi connectivity index (χ0n) is 11.9. The van der Waals surface area contributed by atoms with Crippen molar-refractivity contribution in [2.75, 3.05) is 18.5 Å². The lowest BCUT2D eigenvalue weighted by molar-refractivity contribution is 0.416. The van der Waals surface area contributed by atoms with Crippen LogP contribution in [0, 0.1) is 6.92 Å². The second kappa shape index (κ2) is 5.95. The summed E-state index contributed by atoms with van der Waals surface area (Å²) >= 11 is 5.83. The standard InChI is InChI=1S/C13H16ClN3O3S/c1-9-10(8-14)13(16-15-9)21(18,19)17(2)11-6-4-5-7-12(11)20-3/h4-7H,8H2,1-3H3,(H,15,16). The average molecular weight is 330 g/mol. The quantitative estimate of drug-likeness (QED) is 0.854. The summed E-state index contributed by atoms with van der Waals surface area (Å²) in [5.74, 6) is 0.527. The maximum absolute atomic E-state index is 12.7. The number of halogens is 1. The fourth-order valence-electron chi connectivity index (χ4n) is 1.95. The van der Waals surface area contributed by atoms with Crippen LogP contribution in [0.25, 0.3) is 0 Å². The van der Waals surface area contributed by atoms with E-state index < -0.39 is 10.0 Å². The fraction of sp³-hybridized carbons (Fsp3) is 0.308. The van der Waals surface area contributed by atoms with Crippen LogP contribution in [0.2, 0.25) is 0 Å². The summed E-state index contributed by atoms with van der Waals surface area (Å²) in [5.41, 5.74) is 1.54. The third-order valence-electron chi connectivity index (χ3n) is 3.20. The molecule has 2 rings (SSSR count). The molecule has 0 aliphatic heterocycles. The molecule has 8 heteroatoms. The van der Waals surface area contributed by atoms with Crippen LogP contribution in [-0.2, 0) is 15.9 Å². The molecule has 2 aromatic rings. The molecule has 0 saturated heterocycles. The van der Waals surface area contributed by atoms with E-state index in [1.54, 1.807) is 31.2 Å². The molecule has 1 aromatic heterocycles. The molecule has 1 heterocycles. The maximum Gasteiger partial charge on any atom is 0.283 e. The lowest BCUT2D eigenvalue weighted by Gasteiger charge is -2.20. The highest BCUT2D eigenvalue weighted by Crippen LogP contribution is 2.31. The van der Waals surface area contributed by atoms with Crippen molar-refractivity contribution in [1.82, 2.24) is 10.2 Å². The van der Waals surface area contributed by atoms with Crippen LogP contribution in [0.1, 0.15) is 11.3 Å². The van der Waals surface area contributed by atoms with E-state index in [0.717, 1.165) is 4.31 Å². The van der Waals surface area contributed by atoms with Gasteiger partial charge in [0.25, 0.3) is 10.0 Å². The summed E-state index contributed by atoms with van der Waals surface area (Å²) in [5, 5.41) is 6.47. The summed E-state index contributed by atoms with van der Waals surface area (Å²) in [6.07, 6.45) is 0. The van der Waals surface area contributed by atoms with Gasteiger partial charge in [-0.3, -0.25) is 9.40 Å². The van der Waals surface area contributed by atoms with Gasteiger partial charge >= 0.3 is 0 Å². The number of rotatable bonds is 5. The van der Waals surface area contributed by atoms with Crippen LogP contribution in [0.3, 0.4) is 0 Å². The Morgan fingerprint density at radius 3 is 2.67 bits per heavy atom. The van der Waals surface area contributed by atoms with Crippen LogP contribution < -0.4 is 9.04 Å². The highest BCUT2D eigenvalue weighted by molar-refractivity contribution is 7.92. The van der Waals surface area contributed by atoms with Gasteiger partial charge in [0, 0.05) is 18.3 Å². The zero-order valence-corrected chi connectivity index (χ0v) is 13.5. The van der Waals surface area contributed by atoms with Crippen LogP contribution in [0.5, 0.6) is 5.75 Å². The minimum Gasteiger partial charge on any atom is -0.495 e. The molecule has 1 N–H and O–H groups in total. The Morgan fingerprint density at radius 1 is 1.38 bits per heavy atom. The smallest absolute Gasteiger partial charge is 0.283 e. The van der Waals surface area contributed by atoms with E-state index in [0.29, 0.717) is 22.7 Å². The van der Waals surface area contributed by atoms with Gasteiger partial charge in [-0.1, -0.05) is 12.1 Å². The van der Waals surface area contributed by atoms with E-state index >= 15 is 0 Å². The molecule has 0 amide bonds. The molecule has 0 aliphatic carbocycles. The number of H-pyrrole nitrogens is 1. The summed E-state index contributed by atoms with van der Waals surface area (Å²) < 4.78 is 31.8. The first kappa shape index (κ1) is 15.7. The van der Waals surface area contributed by atoms with Crippen molar-refractivity contribution in [3.8, 4) is 5.75 Å². The number of hydrogen-bond donors (Lipinski definition) is 1. The van der Waals surface area contributed by atoms with Crippen molar-refractivity contribution < 1.29 is 13.2 Å². The normalized spacial score (nSPS) is 11.4. The van der Waals surface area contributed by atoms with Crippen LogP contribution in [0.15, 0.2) is 29.3 Å². The first-order valence-electron chi connectivity index (χ1n) is 6.15. The van der Waals surface area contributed by atoms with Crippen molar-refractivity contribution >= 4 is 27.3 Å². The largest absolute Gasteiger partial charge is 0.495 e. The number of para-hydroxylation sites is 2. The monoisotopic (exact) mass is 329 g/mol. The molecular weight excluding hydrogens is 314 g/mol. The number of alkyl halides is 1. The van der Waals surface area contributed by atoms with Gasteiger partial charge in [-0.2, -0.15) is 13.5 Å².